The second-order valence-electron chi connectivity index (χ2n) is 4.29. The predicted octanol–water partition coefficient (Wildman–Crippen LogP) is 4.20. The van der Waals surface area contributed by atoms with Gasteiger partial charge in [0.1, 0.15) is 5.82 Å². The van der Waals surface area contributed by atoms with Crippen molar-refractivity contribution in [1.29, 1.82) is 0 Å². The van der Waals surface area contributed by atoms with Crippen LogP contribution in [0.1, 0.15) is 45.4 Å². The summed E-state index contributed by atoms with van der Waals surface area (Å²) >= 11 is 3.34. The standard InChI is InChI=1S/C13H22BrN3/c1-2-3-4-5-6-7-8-16-13-12(15)9-11(14)10-17-13/h9-10H,2-8,15H2,1H3,(H,16,17). The summed E-state index contributed by atoms with van der Waals surface area (Å²) in [5.41, 5.74) is 6.55. The van der Waals surface area contributed by atoms with Crippen molar-refractivity contribution in [3.05, 3.63) is 16.7 Å². The first kappa shape index (κ1) is 14.3. The van der Waals surface area contributed by atoms with Gasteiger partial charge >= 0.3 is 0 Å². The van der Waals surface area contributed by atoms with Crippen LogP contribution in [-0.2, 0) is 0 Å². The van der Waals surface area contributed by atoms with E-state index >= 15 is 0 Å². The number of nitrogen functional groups attached to an aromatic ring is 1. The molecule has 1 rings (SSSR count). The number of aromatic nitrogens is 1. The molecule has 3 N–H and O–H groups in total. The van der Waals surface area contributed by atoms with Crippen LogP contribution in [0.25, 0.3) is 0 Å². The van der Waals surface area contributed by atoms with Crippen molar-refractivity contribution >= 4 is 27.4 Å². The Labute approximate surface area is 112 Å². The minimum atomic E-state index is 0.699. The number of anilines is 2. The molecule has 0 radical (unpaired) electrons. The first-order chi connectivity index (χ1) is 8.24. The molecule has 0 unspecified atom stereocenters. The Bertz CT molecular complexity index is 328. The fourth-order valence-electron chi connectivity index (χ4n) is 1.71. The highest BCUT2D eigenvalue weighted by Gasteiger charge is 2.00. The SMILES string of the molecule is CCCCCCCCNc1ncc(Br)cc1N. The van der Waals surface area contributed by atoms with E-state index in [1.165, 1.54) is 38.5 Å². The molecule has 17 heavy (non-hydrogen) atoms. The number of unbranched alkanes of at least 4 members (excludes halogenated alkanes) is 5. The minimum absolute atomic E-state index is 0.699. The van der Waals surface area contributed by atoms with Crippen LogP contribution in [0, 0.1) is 0 Å². The van der Waals surface area contributed by atoms with Crippen molar-refractivity contribution in [2.45, 2.75) is 45.4 Å². The lowest BCUT2D eigenvalue weighted by Gasteiger charge is -2.08. The molecule has 3 nitrogen and oxygen atoms in total. The first-order valence-corrected chi connectivity index (χ1v) is 7.18. The number of hydrogen-bond acceptors (Lipinski definition) is 3. The van der Waals surface area contributed by atoms with Crippen molar-refractivity contribution < 1.29 is 0 Å². The topological polar surface area (TPSA) is 50.9 Å². The third kappa shape index (κ3) is 5.91. The van der Waals surface area contributed by atoms with Crippen LogP contribution in [0.4, 0.5) is 11.5 Å². The Morgan fingerprint density at radius 3 is 2.65 bits per heavy atom. The number of pyridine rings is 1. The van der Waals surface area contributed by atoms with E-state index in [0.717, 1.165) is 16.8 Å². The monoisotopic (exact) mass is 299 g/mol. The molecule has 0 saturated carbocycles. The number of halogens is 1. The predicted molar refractivity (Wildman–Crippen MR) is 78.2 cm³/mol. The van der Waals surface area contributed by atoms with Gasteiger partial charge in [-0.2, -0.15) is 0 Å². The molecule has 0 spiro atoms. The largest absolute Gasteiger partial charge is 0.396 e. The van der Waals surface area contributed by atoms with Gasteiger partial charge in [0.05, 0.1) is 5.69 Å². The van der Waals surface area contributed by atoms with Gasteiger partial charge in [0.25, 0.3) is 0 Å². The molecule has 0 fully saturated rings. The highest BCUT2D eigenvalue weighted by Crippen LogP contribution is 2.19. The second-order valence-corrected chi connectivity index (χ2v) is 5.20. The zero-order valence-electron chi connectivity index (χ0n) is 10.5. The van der Waals surface area contributed by atoms with Gasteiger partial charge in [-0.15, -0.1) is 0 Å². The molecule has 0 atom stereocenters. The van der Waals surface area contributed by atoms with E-state index in [0.29, 0.717) is 5.69 Å². The lowest BCUT2D eigenvalue weighted by Crippen LogP contribution is -2.06. The minimum Gasteiger partial charge on any atom is -0.396 e. The van der Waals surface area contributed by atoms with Gasteiger partial charge in [-0.25, -0.2) is 4.98 Å². The summed E-state index contributed by atoms with van der Waals surface area (Å²) in [5, 5.41) is 3.27. The molecule has 0 aliphatic rings. The summed E-state index contributed by atoms with van der Waals surface area (Å²) in [6, 6.07) is 1.87. The maximum Gasteiger partial charge on any atom is 0.149 e. The van der Waals surface area contributed by atoms with Crippen LogP contribution in [0.5, 0.6) is 0 Å². The average molecular weight is 300 g/mol. The van der Waals surface area contributed by atoms with E-state index in [-0.39, 0.29) is 0 Å². The fraction of sp³-hybridized carbons (Fsp3) is 0.615. The molecule has 0 saturated heterocycles. The van der Waals surface area contributed by atoms with Crippen LogP contribution < -0.4 is 11.1 Å². The van der Waals surface area contributed by atoms with E-state index in [1.54, 1.807) is 6.20 Å². The zero-order chi connectivity index (χ0) is 12.5. The third-order valence-corrected chi connectivity index (χ3v) is 3.14. The van der Waals surface area contributed by atoms with Crippen LogP contribution in [-0.4, -0.2) is 11.5 Å². The van der Waals surface area contributed by atoms with Crippen molar-refractivity contribution in [3.63, 3.8) is 0 Å². The van der Waals surface area contributed by atoms with Gasteiger partial charge in [0.2, 0.25) is 0 Å². The van der Waals surface area contributed by atoms with Gasteiger partial charge in [-0.3, -0.25) is 0 Å². The Morgan fingerprint density at radius 1 is 1.24 bits per heavy atom. The van der Waals surface area contributed by atoms with E-state index in [9.17, 15) is 0 Å². The lowest BCUT2D eigenvalue weighted by molar-refractivity contribution is 0.617. The number of rotatable bonds is 8. The van der Waals surface area contributed by atoms with E-state index in [2.05, 4.69) is 33.2 Å². The van der Waals surface area contributed by atoms with Crippen LogP contribution in [0.3, 0.4) is 0 Å². The lowest BCUT2D eigenvalue weighted by atomic mass is 10.1. The maximum atomic E-state index is 5.85. The van der Waals surface area contributed by atoms with Gasteiger partial charge in [0, 0.05) is 17.2 Å². The molecule has 0 aliphatic carbocycles. The van der Waals surface area contributed by atoms with Crippen molar-refractivity contribution in [3.8, 4) is 0 Å². The normalized spacial score (nSPS) is 10.5. The van der Waals surface area contributed by atoms with Crippen LogP contribution in [0.2, 0.25) is 0 Å². The van der Waals surface area contributed by atoms with E-state index < -0.39 is 0 Å². The van der Waals surface area contributed by atoms with Crippen LogP contribution in [0.15, 0.2) is 16.7 Å². The quantitative estimate of drug-likeness (QED) is 0.707. The highest BCUT2D eigenvalue weighted by atomic mass is 79.9. The van der Waals surface area contributed by atoms with Gasteiger partial charge < -0.3 is 11.1 Å². The highest BCUT2D eigenvalue weighted by molar-refractivity contribution is 9.10. The Kier molecular flexibility index (Phi) is 7.01. The molecule has 96 valence electrons. The average Bonchev–Trinajstić information content (AvgIpc) is 2.30. The molecule has 0 bridgehead atoms. The summed E-state index contributed by atoms with van der Waals surface area (Å²) in [7, 11) is 0. The van der Waals surface area contributed by atoms with E-state index in [4.69, 9.17) is 5.73 Å². The maximum absolute atomic E-state index is 5.85. The molecule has 0 aromatic carbocycles. The number of nitrogens with zero attached hydrogens (tertiary/aromatic N) is 1. The zero-order valence-corrected chi connectivity index (χ0v) is 12.1. The summed E-state index contributed by atoms with van der Waals surface area (Å²) in [6.07, 6.45) is 9.57. The summed E-state index contributed by atoms with van der Waals surface area (Å²) in [6.45, 7) is 3.19. The second kappa shape index (κ2) is 8.34. The first-order valence-electron chi connectivity index (χ1n) is 6.39. The number of nitrogens with one attached hydrogen (secondary N) is 1. The molecule has 1 aromatic heterocycles. The molecule has 1 aromatic rings. The van der Waals surface area contributed by atoms with Gasteiger partial charge in [0.15, 0.2) is 0 Å². The molecule has 0 aliphatic heterocycles. The molecule has 4 heteroatoms. The molecule has 1 heterocycles. The summed E-state index contributed by atoms with van der Waals surface area (Å²) in [5.74, 6) is 0.793. The van der Waals surface area contributed by atoms with Gasteiger partial charge in [-0.05, 0) is 28.4 Å². The van der Waals surface area contributed by atoms with Crippen LogP contribution >= 0.6 is 15.9 Å². The van der Waals surface area contributed by atoms with E-state index in [1.807, 2.05) is 6.07 Å². The number of hydrogen-bond donors (Lipinski definition) is 2. The molecule has 0 amide bonds. The Balaban J connectivity index is 2.14. The van der Waals surface area contributed by atoms with Crippen molar-refractivity contribution in [2.24, 2.45) is 0 Å². The Morgan fingerprint density at radius 2 is 1.94 bits per heavy atom. The molecular formula is C13H22BrN3. The fourth-order valence-corrected chi connectivity index (χ4v) is 2.06. The van der Waals surface area contributed by atoms with Gasteiger partial charge in [-0.1, -0.05) is 39.0 Å². The number of nitrogens with two attached hydrogens (primary N) is 1. The molecular weight excluding hydrogens is 278 g/mol. The smallest absolute Gasteiger partial charge is 0.149 e. The summed E-state index contributed by atoms with van der Waals surface area (Å²) < 4.78 is 0.917. The van der Waals surface area contributed by atoms with Crippen molar-refractivity contribution in [1.82, 2.24) is 4.98 Å². The third-order valence-electron chi connectivity index (χ3n) is 2.71. The summed E-state index contributed by atoms with van der Waals surface area (Å²) in [4.78, 5) is 4.24. The van der Waals surface area contributed by atoms with Crippen molar-refractivity contribution in [2.75, 3.05) is 17.6 Å². The Hall–Kier alpha value is -0.770.